The minimum Gasteiger partial charge on any atom is -0.497 e. The molecule has 0 saturated heterocycles. The summed E-state index contributed by atoms with van der Waals surface area (Å²) in [6.07, 6.45) is -4.30. The number of anilines is 1. The predicted molar refractivity (Wildman–Crippen MR) is 78.9 cm³/mol. The third-order valence-corrected chi connectivity index (χ3v) is 3.26. The lowest BCUT2D eigenvalue weighted by Gasteiger charge is -2.23. The Morgan fingerprint density at radius 1 is 1.35 bits per heavy atom. The summed E-state index contributed by atoms with van der Waals surface area (Å²) in [6.45, 7) is 1.72. The maximum absolute atomic E-state index is 12.9. The molecule has 0 aliphatic heterocycles. The zero-order valence-electron chi connectivity index (χ0n) is 13.2. The third kappa shape index (κ3) is 6.35. The number of hydrogen-bond acceptors (Lipinski definition) is 4. The third-order valence-electron chi connectivity index (χ3n) is 3.26. The summed E-state index contributed by atoms with van der Waals surface area (Å²) < 4.78 is 48.7. The topological polar surface area (TPSA) is 59.0 Å². The maximum atomic E-state index is 12.9. The van der Waals surface area contributed by atoms with Gasteiger partial charge in [-0.3, -0.25) is 0 Å². The standard InChI is InChI=1S/C15H20F3NO4/c1-10(23-9-14(20)21)4-5-19(2)12-6-11(15(16,17)18)7-13(8-12)22-3/h6-8,10H,4-5,9H2,1-3H3,(H,20,21). The molecule has 0 bridgehead atoms. The molecule has 1 aromatic rings. The van der Waals surface area contributed by atoms with Crippen molar-refractivity contribution < 1.29 is 32.5 Å². The van der Waals surface area contributed by atoms with E-state index in [-0.39, 0.29) is 11.9 Å². The lowest BCUT2D eigenvalue weighted by Crippen LogP contribution is -2.24. The molecule has 0 aliphatic carbocycles. The Kier molecular flexibility index (Phi) is 6.68. The van der Waals surface area contributed by atoms with Crippen molar-refractivity contribution >= 4 is 11.7 Å². The van der Waals surface area contributed by atoms with E-state index in [4.69, 9.17) is 14.6 Å². The number of halogens is 3. The number of carbonyl (C=O) groups is 1. The van der Waals surface area contributed by atoms with E-state index in [0.29, 0.717) is 18.7 Å². The first-order chi connectivity index (χ1) is 10.6. The van der Waals surface area contributed by atoms with Gasteiger partial charge in [0.15, 0.2) is 0 Å². The first-order valence-corrected chi connectivity index (χ1v) is 6.94. The molecule has 0 spiro atoms. The molecule has 1 atom stereocenters. The van der Waals surface area contributed by atoms with Gasteiger partial charge in [0.2, 0.25) is 0 Å². The smallest absolute Gasteiger partial charge is 0.416 e. The van der Waals surface area contributed by atoms with Crippen LogP contribution in [0.4, 0.5) is 18.9 Å². The highest BCUT2D eigenvalue weighted by molar-refractivity contribution is 5.68. The molecule has 23 heavy (non-hydrogen) atoms. The van der Waals surface area contributed by atoms with Crippen LogP contribution in [0.2, 0.25) is 0 Å². The number of aliphatic carboxylic acids is 1. The van der Waals surface area contributed by atoms with E-state index in [1.807, 2.05) is 0 Å². The van der Waals surface area contributed by atoms with E-state index in [0.717, 1.165) is 12.1 Å². The number of nitrogens with zero attached hydrogens (tertiary/aromatic N) is 1. The van der Waals surface area contributed by atoms with Crippen LogP contribution >= 0.6 is 0 Å². The van der Waals surface area contributed by atoms with Crippen molar-refractivity contribution in [1.29, 1.82) is 0 Å². The van der Waals surface area contributed by atoms with E-state index >= 15 is 0 Å². The maximum Gasteiger partial charge on any atom is 0.416 e. The number of hydrogen-bond donors (Lipinski definition) is 1. The molecule has 1 aromatic carbocycles. The Morgan fingerprint density at radius 3 is 2.52 bits per heavy atom. The number of methoxy groups -OCH3 is 1. The van der Waals surface area contributed by atoms with Crippen molar-refractivity contribution in [2.45, 2.75) is 25.6 Å². The lowest BCUT2D eigenvalue weighted by atomic mass is 10.1. The highest BCUT2D eigenvalue weighted by Gasteiger charge is 2.31. The lowest BCUT2D eigenvalue weighted by molar-refractivity contribution is -0.144. The van der Waals surface area contributed by atoms with Crippen LogP contribution in [0.5, 0.6) is 5.75 Å². The van der Waals surface area contributed by atoms with Crippen molar-refractivity contribution in [2.75, 3.05) is 32.2 Å². The molecule has 5 nitrogen and oxygen atoms in total. The van der Waals surface area contributed by atoms with Gasteiger partial charge in [0.1, 0.15) is 12.4 Å². The van der Waals surface area contributed by atoms with E-state index in [1.54, 1.807) is 18.9 Å². The normalized spacial score (nSPS) is 12.8. The van der Waals surface area contributed by atoms with Crippen LogP contribution in [-0.4, -0.2) is 44.5 Å². The van der Waals surface area contributed by atoms with Gasteiger partial charge in [0, 0.05) is 25.3 Å². The van der Waals surface area contributed by atoms with Crippen molar-refractivity contribution in [3.05, 3.63) is 23.8 Å². The fraction of sp³-hybridized carbons (Fsp3) is 0.533. The second-order valence-corrected chi connectivity index (χ2v) is 5.14. The molecule has 1 N–H and O–H groups in total. The largest absolute Gasteiger partial charge is 0.497 e. The predicted octanol–water partition coefficient (Wildman–Crippen LogP) is 3.03. The Morgan fingerprint density at radius 2 is 2.00 bits per heavy atom. The zero-order chi connectivity index (χ0) is 17.6. The van der Waals surface area contributed by atoms with Gasteiger partial charge in [-0.15, -0.1) is 0 Å². The van der Waals surface area contributed by atoms with Crippen molar-refractivity contribution in [3.8, 4) is 5.75 Å². The number of carboxylic acids is 1. The van der Waals surface area contributed by atoms with Crippen LogP contribution in [0.3, 0.4) is 0 Å². The highest BCUT2D eigenvalue weighted by Crippen LogP contribution is 2.35. The van der Waals surface area contributed by atoms with Crippen LogP contribution in [0, 0.1) is 0 Å². The van der Waals surface area contributed by atoms with Crippen molar-refractivity contribution in [2.24, 2.45) is 0 Å². The molecular formula is C15H20F3NO4. The number of rotatable bonds is 8. The number of ether oxygens (including phenoxy) is 2. The molecule has 1 rings (SSSR count). The quantitative estimate of drug-likeness (QED) is 0.791. The van der Waals surface area contributed by atoms with E-state index in [9.17, 15) is 18.0 Å². The Balaban J connectivity index is 2.75. The Hall–Kier alpha value is -1.96. The zero-order valence-corrected chi connectivity index (χ0v) is 13.2. The fourth-order valence-electron chi connectivity index (χ4n) is 1.89. The van der Waals surface area contributed by atoms with Gasteiger partial charge in [-0.2, -0.15) is 13.2 Å². The summed E-state index contributed by atoms with van der Waals surface area (Å²) in [7, 11) is 2.96. The minimum absolute atomic E-state index is 0.122. The van der Waals surface area contributed by atoms with Crippen molar-refractivity contribution in [3.63, 3.8) is 0 Å². The summed E-state index contributed by atoms with van der Waals surface area (Å²) >= 11 is 0. The Bertz CT molecular complexity index is 534. The van der Waals surface area contributed by atoms with E-state index in [1.165, 1.54) is 13.2 Å². The van der Waals surface area contributed by atoms with Gasteiger partial charge in [-0.1, -0.05) is 0 Å². The summed E-state index contributed by atoms with van der Waals surface area (Å²) in [5.41, 5.74) is -0.420. The van der Waals surface area contributed by atoms with Crippen LogP contribution in [-0.2, 0) is 15.7 Å². The molecule has 0 saturated carbocycles. The molecule has 0 aromatic heterocycles. The summed E-state index contributed by atoms with van der Waals surface area (Å²) in [5, 5.41) is 8.53. The SMILES string of the molecule is COc1cc(N(C)CCC(C)OCC(=O)O)cc(C(F)(F)F)c1. The average Bonchev–Trinajstić information content (AvgIpc) is 2.49. The molecule has 130 valence electrons. The highest BCUT2D eigenvalue weighted by atomic mass is 19.4. The Labute approximate surface area is 132 Å². The fourth-order valence-corrected chi connectivity index (χ4v) is 1.89. The summed E-state index contributed by atoms with van der Waals surface area (Å²) in [6, 6.07) is 3.50. The van der Waals surface area contributed by atoms with E-state index in [2.05, 4.69) is 0 Å². The number of alkyl halides is 3. The summed E-state index contributed by atoms with van der Waals surface area (Å²) in [4.78, 5) is 12.0. The van der Waals surface area contributed by atoms with Crippen LogP contribution < -0.4 is 9.64 Å². The first kappa shape index (κ1) is 19.1. The van der Waals surface area contributed by atoms with Crippen molar-refractivity contribution in [1.82, 2.24) is 0 Å². The second-order valence-electron chi connectivity index (χ2n) is 5.14. The molecule has 0 aliphatic rings. The molecule has 0 amide bonds. The molecule has 0 heterocycles. The van der Waals surface area contributed by atoms with Gasteiger partial charge in [0.05, 0.1) is 18.8 Å². The van der Waals surface area contributed by atoms with Crippen LogP contribution in [0.25, 0.3) is 0 Å². The van der Waals surface area contributed by atoms with Gasteiger partial charge < -0.3 is 19.5 Å². The monoisotopic (exact) mass is 335 g/mol. The van der Waals surface area contributed by atoms with Crippen LogP contribution in [0.15, 0.2) is 18.2 Å². The van der Waals surface area contributed by atoms with Gasteiger partial charge in [0.25, 0.3) is 0 Å². The van der Waals surface area contributed by atoms with Crippen LogP contribution in [0.1, 0.15) is 18.9 Å². The molecule has 0 fully saturated rings. The van der Waals surface area contributed by atoms with Gasteiger partial charge in [-0.25, -0.2) is 4.79 Å². The second kappa shape index (κ2) is 8.05. The molecule has 8 heteroatoms. The summed E-state index contributed by atoms with van der Waals surface area (Å²) in [5.74, 6) is -0.940. The molecule has 1 unspecified atom stereocenters. The number of carboxylic acid groups (broad SMARTS) is 1. The molecular weight excluding hydrogens is 315 g/mol. The number of benzene rings is 1. The molecule has 0 radical (unpaired) electrons. The van der Waals surface area contributed by atoms with E-state index < -0.39 is 24.3 Å². The average molecular weight is 335 g/mol. The minimum atomic E-state index is -4.46. The van der Waals surface area contributed by atoms with Gasteiger partial charge >= 0.3 is 12.1 Å². The first-order valence-electron chi connectivity index (χ1n) is 6.94. The van der Waals surface area contributed by atoms with Gasteiger partial charge in [-0.05, 0) is 25.5 Å².